The number of nitrogens with zero attached hydrogens (tertiary/aromatic N) is 1. The van der Waals surface area contributed by atoms with Gasteiger partial charge in [-0.05, 0) is 30.5 Å². The van der Waals surface area contributed by atoms with E-state index in [1.165, 1.54) is 31.0 Å². The summed E-state index contributed by atoms with van der Waals surface area (Å²) in [7, 11) is 0. The molecule has 2 aliphatic rings. The largest absolute Gasteiger partial charge is 0.290 e. The first-order chi connectivity index (χ1) is 11.2. The van der Waals surface area contributed by atoms with Crippen LogP contribution in [0.4, 0.5) is 0 Å². The van der Waals surface area contributed by atoms with Gasteiger partial charge in [0.25, 0.3) is 5.91 Å². The molecule has 1 aromatic carbocycles. The molecule has 0 radical (unpaired) electrons. The molecule has 2 fully saturated rings. The Morgan fingerprint density at radius 1 is 1.22 bits per heavy atom. The second-order valence-electron chi connectivity index (χ2n) is 5.75. The molecule has 5 heteroatoms. The smallest absolute Gasteiger partial charge is 0.266 e. The minimum Gasteiger partial charge on any atom is -0.290 e. The Hall–Kier alpha value is -1.10. The van der Waals surface area contributed by atoms with Crippen LogP contribution < -0.4 is 0 Å². The summed E-state index contributed by atoms with van der Waals surface area (Å²) < 4.78 is 0.694. The monoisotopic (exact) mass is 363 g/mol. The van der Waals surface area contributed by atoms with Crippen molar-refractivity contribution in [2.75, 3.05) is 0 Å². The van der Waals surface area contributed by atoms with Crippen molar-refractivity contribution in [2.45, 2.75) is 38.1 Å². The van der Waals surface area contributed by atoms with Crippen molar-refractivity contribution in [3.05, 3.63) is 51.9 Å². The molecule has 1 saturated carbocycles. The highest BCUT2D eigenvalue weighted by Crippen LogP contribution is 2.36. The maximum Gasteiger partial charge on any atom is 0.266 e. The Morgan fingerprint density at radius 2 is 1.96 bits per heavy atom. The fraction of sp³-hybridized carbons (Fsp3) is 0.333. The van der Waals surface area contributed by atoms with Gasteiger partial charge in [0.05, 0.1) is 4.91 Å². The average Bonchev–Trinajstić information content (AvgIpc) is 2.84. The first kappa shape index (κ1) is 16.7. The quantitative estimate of drug-likeness (QED) is 0.527. The molecule has 3 rings (SSSR count). The summed E-state index contributed by atoms with van der Waals surface area (Å²) in [6.07, 6.45) is 11.4. The van der Waals surface area contributed by atoms with Gasteiger partial charge in [-0.1, -0.05) is 85.2 Å². The third-order valence-electron chi connectivity index (χ3n) is 4.19. The van der Waals surface area contributed by atoms with Crippen LogP contribution in [-0.4, -0.2) is 21.2 Å². The number of benzene rings is 1. The standard InChI is InChI=1S/C18H18ClNOS2/c19-15-11-5-4-7-13(15)8-6-12-16-17(21)20(18(22)23-16)14-9-2-1-3-10-14/h4-8,11-12,14H,1-3,9-10H2. The lowest BCUT2D eigenvalue weighted by atomic mass is 9.94. The second kappa shape index (κ2) is 7.65. The third kappa shape index (κ3) is 3.87. The molecule has 2 nitrogen and oxygen atoms in total. The summed E-state index contributed by atoms with van der Waals surface area (Å²) in [6.45, 7) is 0. The highest BCUT2D eigenvalue weighted by molar-refractivity contribution is 8.26. The summed E-state index contributed by atoms with van der Waals surface area (Å²) in [5, 5.41) is 0.701. The first-order valence-electron chi connectivity index (χ1n) is 7.85. The lowest BCUT2D eigenvalue weighted by molar-refractivity contribution is -0.124. The molecule has 0 bridgehead atoms. The van der Waals surface area contributed by atoms with Crippen molar-refractivity contribution in [3.63, 3.8) is 0 Å². The summed E-state index contributed by atoms with van der Waals surface area (Å²) in [5.74, 6) is 0.0516. The zero-order valence-corrected chi connectivity index (χ0v) is 15.1. The van der Waals surface area contributed by atoms with Gasteiger partial charge in [-0.3, -0.25) is 9.69 Å². The molecular formula is C18H18ClNOS2. The van der Waals surface area contributed by atoms with E-state index in [-0.39, 0.29) is 11.9 Å². The van der Waals surface area contributed by atoms with Crippen LogP contribution in [0.25, 0.3) is 6.08 Å². The normalized spacial score (nSPS) is 21.8. The summed E-state index contributed by atoms with van der Waals surface area (Å²) in [4.78, 5) is 15.1. The molecule has 1 heterocycles. The zero-order valence-electron chi connectivity index (χ0n) is 12.7. The van der Waals surface area contributed by atoms with Crippen molar-refractivity contribution in [1.82, 2.24) is 4.90 Å². The van der Waals surface area contributed by atoms with Crippen LogP contribution in [0.3, 0.4) is 0 Å². The highest BCUT2D eigenvalue weighted by Gasteiger charge is 2.37. The molecule has 0 atom stereocenters. The van der Waals surface area contributed by atoms with Gasteiger partial charge in [-0.2, -0.15) is 0 Å². The number of amides is 1. The topological polar surface area (TPSA) is 20.3 Å². The maximum absolute atomic E-state index is 12.6. The molecular weight excluding hydrogens is 346 g/mol. The lowest BCUT2D eigenvalue weighted by Gasteiger charge is -2.29. The van der Waals surface area contributed by atoms with Crippen LogP contribution in [0.2, 0.25) is 5.02 Å². The van der Waals surface area contributed by atoms with Gasteiger partial charge in [0.1, 0.15) is 4.32 Å². The Kier molecular flexibility index (Phi) is 5.57. The number of carbonyl (C=O) groups excluding carboxylic acids is 1. The van der Waals surface area contributed by atoms with E-state index in [1.54, 1.807) is 0 Å². The van der Waals surface area contributed by atoms with E-state index in [0.717, 1.165) is 18.4 Å². The summed E-state index contributed by atoms with van der Waals surface area (Å²) in [6, 6.07) is 7.92. The SMILES string of the molecule is O=C1C(=CC=Cc2ccccc2Cl)SC(=S)N1C1CCCCC1. The average molecular weight is 364 g/mol. The Bertz CT molecular complexity index is 677. The number of carbonyl (C=O) groups is 1. The molecule has 120 valence electrons. The van der Waals surface area contributed by atoms with Crippen molar-refractivity contribution in [2.24, 2.45) is 0 Å². The van der Waals surface area contributed by atoms with E-state index in [2.05, 4.69) is 0 Å². The molecule has 1 aromatic rings. The lowest BCUT2D eigenvalue weighted by Crippen LogP contribution is -2.39. The number of thiocarbonyl (C=S) groups is 1. The van der Waals surface area contributed by atoms with Gasteiger partial charge < -0.3 is 0 Å². The van der Waals surface area contributed by atoms with Gasteiger partial charge >= 0.3 is 0 Å². The molecule has 23 heavy (non-hydrogen) atoms. The highest BCUT2D eigenvalue weighted by atomic mass is 35.5. The van der Waals surface area contributed by atoms with Gasteiger partial charge in [0.15, 0.2) is 0 Å². The van der Waals surface area contributed by atoms with Crippen LogP contribution in [0.15, 0.2) is 41.3 Å². The molecule has 1 aliphatic carbocycles. The molecule has 0 N–H and O–H groups in total. The Balaban J connectivity index is 1.72. The van der Waals surface area contributed by atoms with E-state index in [4.69, 9.17) is 23.8 Å². The minimum absolute atomic E-state index is 0.0516. The van der Waals surface area contributed by atoms with Crippen LogP contribution >= 0.6 is 35.6 Å². The van der Waals surface area contributed by atoms with Crippen LogP contribution in [0, 0.1) is 0 Å². The van der Waals surface area contributed by atoms with Crippen molar-refractivity contribution >= 4 is 51.9 Å². The van der Waals surface area contributed by atoms with E-state index in [1.807, 2.05) is 47.4 Å². The van der Waals surface area contributed by atoms with Crippen molar-refractivity contribution in [3.8, 4) is 0 Å². The molecule has 1 amide bonds. The van der Waals surface area contributed by atoms with E-state index in [0.29, 0.717) is 14.2 Å². The maximum atomic E-state index is 12.6. The van der Waals surface area contributed by atoms with E-state index >= 15 is 0 Å². The zero-order chi connectivity index (χ0) is 16.2. The van der Waals surface area contributed by atoms with Crippen LogP contribution in [-0.2, 0) is 4.79 Å². The first-order valence-corrected chi connectivity index (χ1v) is 9.45. The van der Waals surface area contributed by atoms with Crippen molar-refractivity contribution < 1.29 is 4.79 Å². The van der Waals surface area contributed by atoms with Gasteiger partial charge in [0, 0.05) is 11.1 Å². The molecule has 0 spiro atoms. The van der Waals surface area contributed by atoms with E-state index < -0.39 is 0 Å². The number of thioether (sulfide) groups is 1. The predicted molar refractivity (Wildman–Crippen MR) is 102 cm³/mol. The third-order valence-corrected chi connectivity index (χ3v) is 5.88. The molecule has 0 unspecified atom stereocenters. The molecule has 1 aliphatic heterocycles. The number of rotatable bonds is 3. The molecule has 0 aromatic heterocycles. The Labute approximate surface area is 151 Å². The number of hydrogen-bond donors (Lipinski definition) is 0. The molecule has 1 saturated heterocycles. The van der Waals surface area contributed by atoms with Gasteiger partial charge in [-0.15, -0.1) is 0 Å². The number of hydrogen-bond acceptors (Lipinski definition) is 3. The predicted octanol–water partition coefficient (Wildman–Crippen LogP) is 5.43. The van der Waals surface area contributed by atoms with Gasteiger partial charge in [0.2, 0.25) is 0 Å². The number of halogens is 1. The summed E-state index contributed by atoms with van der Waals surface area (Å²) >= 11 is 12.9. The minimum atomic E-state index is 0.0516. The Morgan fingerprint density at radius 3 is 2.70 bits per heavy atom. The second-order valence-corrected chi connectivity index (χ2v) is 7.83. The fourth-order valence-corrected chi connectivity index (χ4v) is 4.55. The van der Waals surface area contributed by atoms with Gasteiger partial charge in [-0.25, -0.2) is 0 Å². The summed E-state index contributed by atoms with van der Waals surface area (Å²) in [5.41, 5.74) is 0.938. The van der Waals surface area contributed by atoms with Crippen LogP contribution in [0.1, 0.15) is 37.7 Å². The van der Waals surface area contributed by atoms with Crippen molar-refractivity contribution in [1.29, 1.82) is 0 Å². The van der Waals surface area contributed by atoms with E-state index in [9.17, 15) is 4.79 Å². The number of allylic oxidation sites excluding steroid dienone is 2. The van der Waals surface area contributed by atoms with Crippen LogP contribution in [0.5, 0.6) is 0 Å². The fourth-order valence-electron chi connectivity index (χ4n) is 3.00.